The highest BCUT2D eigenvalue weighted by atomic mass is 16.7. The Balaban J connectivity index is 2.04. The third-order valence-corrected chi connectivity index (χ3v) is 2.65. The Morgan fingerprint density at radius 2 is 2.27 bits per heavy atom. The van der Waals surface area contributed by atoms with Crippen molar-refractivity contribution >= 4 is 0 Å². The summed E-state index contributed by atoms with van der Waals surface area (Å²) in [5.41, 5.74) is 0. The fourth-order valence-corrected chi connectivity index (χ4v) is 2.18. The molecule has 0 amide bonds. The molecular weight excluding hydrogens is 196 g/mol. The lowest BCUT2D eigenvalue weighted by molar-refractivity contribution is -0.264. The van der Waals surface area contributed by atoms with Crippen molar-refractivity contribution in [2.45, 2.75) is 44.4 Å². The maximum absolute atomic E-state index is 5.78. The second kappa shape index (κ2) is 3.77. The van der Waals surface area contributed by atoms with Crippen LogP contribution < -0.4 is 0 Å². The zero-order valence-electron chi connectivity index (χ0n) is 9.49. The van der Waals surface area contributed by atoms with Crippen LogP contribution in [0.1, 0.15) is 20.3 Å². The van der Waals surface area contributed by atoms with Gasteiger partial charge in [0.05, 0.1) is 18.8 Å². The van der Waals surface area contributed by atoms with Crippen LogP contribution in [0, 0.1) is 0 Å². The third-order valence-electron chi connectivity index (χ3n) is 2.65. The van der Waals surface area contributed by atoms with Crippen molar-refractivity contribution in [3.05, 3.63) is 12.3 Å². The maximum Gasteiger partial charge on any atom is 0.204 e. The van der Waals surface area contributed by atoms with Crippen LogP contribution in [0.15, 0.2) is 12.3 Å². The first-order valence-corrected chi connectivity index (χ1v) is 5.22. The van der Waals surface area contributed by atoms with Gasteiger partial charge in [-0.25, -0.2) is 0 Å². The summed E-state index contributed by atoms with van der Waals surface area (Å²) in [5.74, 6) is 0.0682. The molecule has 3 atom stereocenters. The molecule has 0 N–H and O–H groups in total. The quantitative estimate of drug-likeness (QED) is 0.697. The molecule has 0 aliphatic carbocycles. The van der Waals surface area contributed by atoms with E-state index < -0.39 is 5.79 Å². The molecule has 0 radical (unpaired) electrons. The first-order chi connectivity index (χ1) is 7.02. The van der Waals surface area contributed by atoms with Crippen LogP contribution >= 0.6 is 0 Å². The van der Waals surface area contributed by atoms with E-state index >= 15 is 0 Å². The molecular formula is C11H18O4. The molecule has 4 nitrogen and oxygen atoms in total. The van der Waals surface area contributed by atoms with Crippen LogP contribution in [0.4, 0.5) is 0 Å². The van der Waals surface area contributed by atoms with E-state index in [2.05, 4.69) is 6.58 Å². The summed E-state index contributed by atoms with van der Waals surface area (Å²) < 4.78 is 22.1. The van der Waals surface area contributed by atoms with Crippen molar-refractivity contribution in [3.8, 4) is 0 Å². The molecule has 0 saturated carbocycles. The monoisotopic (exact) mass is 214 g/mol. The van der Waals surface area contributed by atoms with Crippen LogP contribution in [-0.4, -0.2) is 37.8 Å². The predicted octanol–water partition coefficient (Wildman–Crippen LogP) is 1.46. The first-order valence-electron chi connectivity index (χ1n) is 5.22. The summed E-state index contributed by atoms with van der Waals surface area (Å²) >= 11 is 0. The number of ether oxygens (including phenoxy) is 4. The lowest BCUT2D eigenvalue weighted by Gasteiger charge is -2.38. The summed E-state index contributed by atoms with van der Waals surface area (Å²) in [5, 5.41) is 0. The zero-order valence-corrected chi connectivity index (χ0v) is 9.49. The Kier molecular flexibility index (Phi) is 2.75. The molecule has 0 aromatic rings. The molecule has 2 rings (SSSR count). The largest absolute Gasteiger partial charge is 0.465 e. The van der Waals surface area contributed by atoms with Crippen molar-refractivity contribution < 1.29 is 18.9 Å². The van der Waals surface area contributed by atoms with Gasteiger partial charge in [0.1, 0.15) is 11.9 Å². The van der Waals surface area contributed by atoms with Crippen LogP contribution in [0.3, 0.4) is 0 Å². The number of rotatable bonds is 2. The second-order valence-electron chi connectivity index (χ2n) is 4.49. The minimum absolute atomic E-state index is 0.0430. The highest BCUT2D eigenvalue weighted by Crippen LogP contribution is 2.37. The van der Waals surface area contributed by atoms with Gasteiger partial charge < -0.3 is 18.9 Å². The van der Waals surface area contributed by atoms with Gasteiger partial charge in [-0.2, -0.15) is 0 Å². The average molecular weight is 214 g/mol. The standard InChI is InChI=1S/C11H18O4/c1-7-10-9(15-11(2,3)14-7)5-8(13-10)6-12-4/h8-10H,1,5-6H2,2-4H3/t8?,9-,10-/m0/s1. The topological polar surface area (TPSA) is 36.9 Å². The maximum atomic E-state index is 5.78. The van der Waals surface area contributed by atoms with Crippen molar-refractivity contribution in [3.63, 3.8) is 0 Å². The predicted molar refractivity (Wildman–Crippen MR) is 54.3 cm³/mol. The fourth-order valence-electron chi connectivity index (χ4n) is 2.18. The molecule has 2 saturated heterocycles. The van der Waals surface area contributed by atoms with Gasteiger partial charge in [-0.15, -0.1) is 0 Å². The first kappa shape index (κ1) is 10.9. The van der Waals surface area contributed by atoms with Crippen LogP contribution in [-0.2, 0) is 18.9 Å². The fraction of sp³-hybridized carbons (Fsp3) is 0.818. The smallest absolute Gasteiger partial charge is 0.204 e. The molecule has 2 aliphatic heterocycles. The number of methoxy groups -OCH3 is 1. The van der Waals surface area contributed by atoms with E-state index in [9.17, 15) is 0 Å². The minimum Gasteiger partial charge on any atom is -0.465 e. The molecule has 0 bridgehead atoms. The lowest BCUT2D eigenvalue weighted by atomic mass is 10.1. The van der Waals surface area contributed by atoms with Crippen molar-refractivity contribution in [1.29, 1.82) is 0 Å². The molecule has 4 heteroatoms. The summed E-state index contributed by atoms with van der Waals surface area (Å²) in [6.45, 7) is 8.24. The Hall–Kier alpha value is -0.580. The summed E-state index contributed by atoms with van der Waals surface area (Å²) in [6, 6.07) is 0. The van der Waals surface area contributed by atoms with Crippen molar-refractivity contribution in [2.24, 2.45) is 0 Å². The van der Waals surface area contributed by atoms with Crippen LogP contribution in [0.5, 0.6) is 0 Å². The third kappa shape index (κ3) is 2.17. The van der Waals surface area contributed by atoms with Gasteiger partial charge in [0.15, 0.2) is 0 Å². The summed E-state index contributed by atoms with van der Waals surface area (Å²) in [7, 11) is 1.67. The Morgan fingerprint density at radius 3 is 2.93 bits per heavy atom. The van der Waals surface area contributed by atoms with Crippen LogP contribution in [0.2, 0.25) is 0 Å². The summed E-state index contributed by atoms with van der Waals surface area (Å²) in [6.07, 6.45) is 0.823. The second-order valence-corrected chi connectivity index (χ2v) is 4.49. The highest BCUT2D eigenvalue weighted by Gasteiger charge is 2.46. The highest BCUT2D eigenvalue weighted by molar-refractivity contribution is 5.06. The Bertz CT molecular complexity index is 261. The van der Waals surface area contributed by atoms with Gasteiger partial charge >= 0.3 is 0 Å². The van der Waals surface area contributed by atoms with E-state index in [1.165, 1.54) is 0 Å². The van der Waals surface area contributed by atoms with Gasteiger partial charge in [-0.05, 0) is 0 Å². The number of fused-ring (bicyclic) bond motifs is 1. The molecule has 15 heavy (non-hydrogen) atoms. The normalized spacial score (nSPS) is 38.6. The number of hydrogen-bond donors (Lipinski definition) is 0. The van der Waals surface area contributed by atoms with Gasteiger partial charge in [-0.1, -0.05) is 6.58 Å². The molecule has 2 aliphatic rings. The Labute approximate surface area is 90.1 Å². The molecule has 0 spiro atoms. The average Bonchev–Trinajstić information content (AvgIpc) is 2.46. The van der Waals surface area contributed by atoms with Gasteiger partial charge in [-0.3, -0.25) is 0 Å². The Morgan fingerprint density at radius 1 is 1.53 bits per heavy atom. The number of hydrogen-bond acceptors (Lipinski definition) is 4. The van der Waals surface area contributed by atoms with E-state index in [0.29, 0.717) is 12.4 Å². The van der Waals surface area contributed by atoms with Crippen LogP contribution in [0.25, 0.3) is 0 Å². The molecule has 0 aromatic heterocycles. The van der Waals surface area contributed by atoms with E-state index in [0.717, 1.165) is 6.42 Å². The molecule has 2 heterocycles. The molecule has 0 aromatic carbocycles. The van der Waals surface area contributed by atoms with E-state index in [-0.39, 0.29) is 18.3 Å². The zero-order chi connectivity index (χ0) is 11.1. The lowest BCUT2D eigenvalue weighted by Crippen LogP contribution is -2.44. The summed E-state index contributed by atoms with van der Waals surface area (Å²) in [4.78, 5) is 0. The molecule has 86 valence electrons. The van der Waals surface area contributed by atoms with Gasteiger partial charge in [0.25, 0.3) is 0 Å². The SMILES string of the molecule is C=C1OC(C)(C)O[C@H]2CC(COC)O[C@@H]12. The van der Waals surface area contributed by atoms with Crippen molar-refractivity contribution in [2.75, 3.05) is 13.7 Å². The van der Waals surface area contributed by atoms with Gasteiger partial charge in [0.2, 0.25) is 5.79 Å². The van der Waals surface area contributed by atoms with E-state index in [4.69, 9.17) is 18.9 Å². The van der Waals surface area contributed by atoms with E-state index in [1.54, 1.807) is 7.11 Å². The minimum atomic E-state index is -0.594. The van der Waals surface area contributed by atoms with Gasteiger partial charge in [0, 0.05) is 27.4 Å². The molecule has 1 unspecified atom stereocenters. The van der Waals surface area contributed by atoms with Crippen molar-refractivity contribution in [1.82, 2.24) is 0 Å². The van der Waals surface area contributed by atoms with E-state index in [1.807, 2.05) is 13.8 Å². The molecule has 2 fully saturated rings.